The summed E-state index contributed by atoms with van der Waals surface area (Å²) in [5.74, 6) is -0.967. The van der Waals surface area contributed by atoms with E-state index in [9.17, 15) is 13.6 Å². The van der Waals surface area contributed by atoms with E-state index in [1.807, 2.05) is 31.2 Å². The first-order valence-corrected chi connectivity index (χ1v) is 8.72. The van der Waals surface area contributed by atoms with Crippen molar-refractivity contribution in [3.05, 3.63) is 64.6 Å². The zero-order valence-corrected chi connectivity index (χ0v) is 15.0. The molecule has 0 radical (unpaired) electrons. The van der Waals surface area contributed by atoms with Crippen LogP contribution in [0.15, 0.2) is 52.4 Å². The Kier molecular flexibility index (Phi) is 5.37. The molecule has 1 saturated heterocycles. The SMILES string of the molecule is CCN1C(=O)/C(=C\c2cccc(OC)c2)SC1=Nc1ccc(F)cc1F. The number of carbonyl (C=O) groups excluding carboxylic acids is 1. The number of halogens is 2. The van der Waals surface area contributed by atoms with Crippen LogP contribution in [0.25, 0.3) is 6.08 Å². The third kappa shape index (κ3) is 3.77. The van der Waals surface area contributed by atoms with Crippen LogP contribution in [0.5, 0.6) is 5.75 Å². The van der Waals surface area contributed by atoms with Crippen LogP contribution in [0.3, 0.4) is 0 Å². The monoisotopic (exact) mass is 374 g/mol. The molecule has 26 heavy (non-hydrogen) atoms. The molecule has 0 atom stereocenters. The zero-order valence-electron chi connectivity index (χ0n) is 14.2. The summed E-state index contributed by atoms with van der Waals surface area (Å²) in [5.41, 5.74) is 0.799. The molecule has 2 aromatic carbocycles. The van der Waals surface area contributed by atoms with Gasteiger partial charge in [0.15, 0.2) is 11.0 Å². The maximum absolute atomic E-state index is 13.9. The maximum atomic E-state index is 13.9. The summed E-state index contributed by atoms with van der Waals surface area (Å²) >= 11 is 1.15. The Hall–Kier alpha value is -2.67. The largest absolute Gasteiger partial charge is 0.497 e. The lowest BCUT2D eigenvalue weighted by atomic mass is 10.2. The fourth-order valence-electron chi connectivity index (χ4n) is 2.43. The van der Waals surface area contributed by atoms with Gasteiger partial charge in [-0.1, -0.05) is 12.1 Å². The van der Waals surface area contributed by atoms with Gasteiger partial charge >= 0.3 is 0 Å². The van der Waals surface area contributed by atoms with Crippen molar-refractivity contribution in [3.8, 4) is 5.75 Å². The van der Waals surface area contributed by atoms with Gasteiger partial charge < -0.3 is 4.74 Å². The van der Waals surface area contributed by atoms with E-state index in [4.69, 9.17) is 4.74 Å². The molecule has 0 aromatic heterocycles. The highest BCUT2D eigenvalue weighted by atomic mass is 32.2. The minimum atomic E-state index is -0.771. The first kappa shape index (κ1) is 18.1. The lowest BCUT2D eigenvalue weighted by Crippen LogP contribution is -2.28. The summed E-state index contributed by atoms with van der Waals surface area (Å²) in [7, 11) is 1.57. The topological polar surface area (TPSA) is 41.9 Å². The molecule has 2 aromatic rings. The number of hydrogen-bond donors (Lipinski definition) is 0. The number of benzene rings is 2. The normalized spacial score (nSPS) is 17.4. The quantitative estimate of drug-likeness (QED) is 0.735. The molecule has 7 heteroatoms. The van der Waals surface area contributed by atoms with Crippen molar-refractivity contribution < 1.29 is 18.3 Å². The first-order valence-electron chi connectivity index (χ1n) is 7.91. The predicted octanol–water partition coefficient (Wildman–Crippen LogP) is 4.60. The average molecular weight is 374 g/mol. The van der Waals surface area contributed by atoms with Gasteiger partial charge in [0.05, 0.1) is 12.0 Å². The molecule has 4 nitrogen and oxygen atoms in total. The maximum Gasteiger partial charge on any atom is 0.266 e. The molecule has 1 fully saturated rings. The molecule has 3 rings (SSSR count). The lowest BCUT2D eigenvalue weighted by molar-refractivity contribution is -0.122. The summed E-state index contributed by atoms with van der Waals surface area (Å²) < 4.78 is 32.1. The third-order valence-electron chi connectivity index (χ3n) is 3.72. The van der Waals surface area contributed by atoms with Crippen molar-refractivity contribution in [1.82, 2.24) is 4.90 Å². The van der Waals surface area contributed by atoms with E-state index in [1.165, 1.54) is 11.0 Å². The van der Waals surface area contributed by atoms with Crippen molar-refractivity contribution in [2.75, 3.05) is 13.7 Å². The van der Waals surface area contributed by atoms with Gasteiger partial charge in [-0.15, -0.1) is 0 Å². The number of rotatable bonds is 4. The number of amidine groups is 1. The van der Waals surface area contributed by atoms with Crippen molar-refractivity contribution in [2.24, 2.45) is 4.99 Å². The minimum absolute atomic E-state index is 0.0113. The first-order chi connectivity index (χ1) is 12.5. The van der Waals surface area contributed by atoms with Crippen molar-refractivity contribution in [2.45, 2.75) is 6.92 Å². The van der Waals surface area contributed by atoms with E-state index < -0.39 is 11.6 Å². The van der Waals surface area contributed by atoms with Crippen LogP contribution in [0.2, 0.25) is 0 Å². The number of hydrogen-bond acceptors (Lipinski definition) is 4. The Morgan fingerprint density at radius 2 is 2.04 bits per heavy atom. The Morgan fingerprint density at radius 3 is 2.73 bits per heavy atom. The standard InChI is InChI=1S/C19H16F2N2O2S/c1-3-23-18(24)17(10-12-5-4-6-14(9-12)25-2)26-19(23)22-16-8-7-13(20)11-15(16)21/h4-11H,3H2,1-2H3/b17-10+,22-19?. The Balaban J connectivity index is 1.95. The number of methoxy groups -OCH3 is 1. The second kappa shape index (κ2) is 7.70. The van der Waals surface area contributed by atoms with Gasteiger partial charge in [0.25, 0.3) is 5.91 Å². The summed E-state index contributed by atoms with van der Waals surface area (Å²) in [4.78, 5) is 18.7. The van der Waals surface area contributed by atoms with E-state index in [1.54, 1.807) is 13.2 Å². The van der Waals surface area contributed by atoms with Gasteiger partial charge in [0, 0.05) is 12.6 Å². The predicted molar refractivity (Wildman–Crippen MR) is 99.4 cm³/mol. The molecule has 1 heterocycles. The smallest absolute Gasteiger partial charge is 0.266 e. The van der Waals surface area contributed by atoms with E-state index in [0.29, 0.717) is 22.4 Å². The van der Waals surface area contributed by atoms with Crippen molar-refractivity contribution in [3.63, 3.8) is 0 Å². The molecular formula is C19H16F2N2O2S. The summed E-state index contributed by atoms with van der Waals surface area (Å²) in [6, 6.07) is 10.5. The van der Waals surface area contributed by atoms with Gasteiger partial charge in [-0.3, -0.25) is 9.69 Å². The van der Waals surface area contributed by atoms with E-state index in [-0.39, 0.29) is 11.6 Å². The van der Waals surface area contributed by atoms with Gasteiger partial charge in [-0.25, -0.2) is 13.8 Å². The Labute approximate surface area is 154 Å². The molecule has 0 aliphatic carbocycles. The average Bonchev–Trinajstić information content (AvgIpc) is 2.92. The van der Waals surface area contributed by atoms with Crippen LogP contribution >= 0.6 is 11.8 Å². The van der Waals surface area contributed by atoms with E-state index in [0.717, 1.165) is 29.5 Å². The summed E-state index contributed by atoms with van der Waals surface area (Å²) in [6.45, 7) is 2.20. The molecule has 0 unspecified atom stereocenters. The number of amides is 1. The molecule has 134 valence electrons. The molecular weight excluding hydrogens is 358 g/mol. The van der Waals surface area contributed by atoms with E-state index in [2.05, 4.69) is 4.99 Å². The van der Waals surface area contributed by atoms with Crippen molar-refractivity contribution in [1.29, 1.82) is 0 Å². The molecule has 0 N–H and O–H groups in total. The van der Waals surface area contributed by atoms with Crippen LogP contribution in [0.1, 0.15) is 12.5 Å². The fourth-order valence-corrected chi connectivity index (χ4v) is 3.48. The van der Waals surface area contributed by atoms with Gasteiger partial charge in [0.1, 0.15) is 17.3 Å². The van der Waals surface area contributed by atoms with Crippen LogP contribution in [-0.4, -0.2) is 29.6 Å². The number of aliphatic imine (C=N–C) groups is 1. The number of likely N-dealkylation sites (N-methyl/N-ethyl adjacent to an activating group) is 1. The Bertz CT molecular complexity index is 912. The highest BCUT2D eigenvalue weighted by Gasteiger charge is 2.32. The summed E-state index contributed by atoms with van der Waals surface area (Å²) in [5, 5.41) is 0.358. The van der Waals surface area contributed by atoms with Gasteiger partial charge in [0.2, 0.25) is 0 Å². The summed E-state index contributed by atoms with van der Waals surface area (Å²) in [6.07, 6.45) is 1.74. The van der Waals surface area contributed by atoms with Crippen LogP contribution < -0.4 is 4.74 Å². The molecule has 1 aliphatic rings. The molecule has 0 spiro atoms. The number of thioether (sulfide) groups is 1. The van der Waals surface area contributed by atoms with Crippen LogP contribution in [-0.2, 0) is 4.79 Å². The highest BCUT2D eigenvalue weighted by Crippen LogP contribution is 2.34. The number of carbonyl (C=O) groups is 1. The molecule has 1 aliphatic heterocycles. The van der Waals surface area contributed by atoms with E-state index >= 15 is 0 Å². The van der Waals surface area contributed by atoms with Gasteiger partial charge in [-0.05, 0) is 54.6 Å². The fraction of sp³-hybridized carbons (Fsp3) is 0.158. The molecule has 1 amide bonds. The minimum Gasteiger partial charge on any atom is -0.497 e. The Morgan fingerprint density at radius 1 is 1.23 bits per heavy atom. The highest BCUT2D eigenvalue weighted by molar-refractivity contribution is 8.18. The van der Waals surface area contributed by atoms with Gasteiger partial charge in [-0.2, -0.15) is 0 Å². The van der Waals surface area contributed by atoms with Crippen LogP contribution in [0.4, 0.5) is 14.5 Å². The van der Waals surface area contributed by atoms with Crippen molar-refractivity contribution >= 4 is 34.6 Å². The number of ether oxygens (including phenoxy) is 1. The second-order valence-corrected chi connectivity index (χ2v) is 6.44. The lowest BCUT2D eigenvalue weighted by Gasteiger charge is -2.12. The molecule has 0 saturated carbocycles. The third-order valence-corrected chi connectivity index (χ3v) is 4.73. The molecule has 0 bridgehead atoms. The number of nitrogens with zero attached hydrogens (tertiary/aromatic N) is 2. The zero-order chi connectivity index (χ0) is 18.7. The second-order valence-electron chi connectivity index (χ2n) is 5.43. The van der Waals surface area contributed by atoms with Crippen LogP contribution in [0, 0.1) is 11.6 Å².